The Morgan fingerprint density at radius 1 is 1.40 bits per heavy atom. The van der Waals surface area contributed by atoms with Gasteiger partial charge in [-0.25, -0.2) is 0 Å². The van der Waals surface area contributed by atoms with Gasteiger partial charge in [-0.1, -0.05) is 12.2 Å². The Hall–Kier alpha value is -0.560. The molecule has 0 spiro atoms. The molecule has 1 aliphatic heterocycles. The average molecular weight is 137 g/mol. The maximum Gasteiger partial charge on any atom is 0.0250 e. The minimum atomic E-state index is 0.546. The van der Waals surface area contributed by atoms with Gasteiger partial charge >= 0.3 is 0 Å². The monoisotopic (exact) mass is 137 g/mol. The third-order valence-corrected chi connectivity index (χ3v) is 2.01. The van der Waals surface area contributed by atoms with E-state index in [9.17, 15) is 0 Å². The van der Waals surface area contributed by atoms with Crippen molar-refractivity contribution in [1.29, 1.82) is 0 Å². The van der Waals surface area contributed by atoms with E-state index in [1.807, 2.05) is 12.2 Å². The molecule has 0 aromatic carbocycles. The highest BCUT2D eigenvalue weighted by atomic mass is 15.0. The molecule has 0 radical (unpaired) electrons. The zero-order valence-corrected chi connectivity index (χ0v) is 6.34. The van der Waals surface area contributed by atoms with Crippen LogP contribution in [0.3, 0.4) is 0 Å². The van der Waals surface area contributed by atoms with Gasteiger partial charge in [-0.2, -0.15) is 0 Å². The lowest BCUT2D eigenvalue weighted by molar-refractivity contribution is 0.588. The van der Waals surface area contributed by atoms with Gasteiger partial charge in [0.05, 0.1) is 0 Å². The maximum atomic E-state index is 3.75. The molecule has 1 saturated heterocycles. The molecular formula is C9H15N. The van der Waals surface area contributed by atoms with Crippen LogP contribution >= 0.6 is 0 Å². The number of hydrogen-bond donors (Lipinski definition) is 1. The standard InChI is InChI=1S/C9H15N/c1-3-5-9-7-6-8(4-2)10-9/h3-4,8-10H,1-2,5-7H2/t8-,9+/m0/s1. The number of nitrogens with one attached hydrogen (secondary N) is 1. The molecule has 1 aliphatic rings. The Labute approximate surface area is 62.8 Å². The first-order chi connectivity index (χ1) is 4.86. The summed E-state index contributed by atoms with van der Waals surface area (Å²) in [6.07, 6.45) is 7.56. The molecular weight excluding hydrogens is 122 g/mol. The number of hydrogen-bond acceptors (Lipinski definition) is 1. The second kappa shape index (κ2) is 3.57. The van der Waals surface area contributed by atoms with Crippen LogP contribution in [0.2, 0.25) is 0 Å². The van der Waals surface area contributed by atoms with Crippen LogP contribution in [0.1, 0.15) is 19.3 Å². The first-order valence-corrected chi connectivity index (χ1v) is 3.86. The minimum Gasteiger partial charge on any atom is -0.307 e. The van der Waals surface area contributed by atoms with Crippen LogP contribution in [-0.2, 0) is 0 Å². The summed E-state index contributed by atoms with van der Waals surface area (Å²) in [7, 11) is 0. The predicted octanol–water partition coefficient (Wildman–Crippen LogP) is 1.87. The molecule has 1 fully saturated rings. The van der Waals surface area contributed by atoms with Crippen LogP contribution in [0, 0.1) is 0 Å². The van der Waals surface area contributed by atoms with E-state index in [0.717, 1.165) is 6.42 Å². The van der Waals surface area contributed by atoms with E-state index in [-0.39, 0.29) is 0 Å². The molecule has 0 amide bonds. The first-order valence-electron chi connectivity index (χ1n) is 3.86. The summed E-state index contributed by atoms with van der Waals surface area (Å²) in [6.45, 7) is 7.46. The Morgan fingerprint density at radius 3 is 2.70 bits per heavy atom. The Kier molecular flexibility index (Phi) is 2.69. The molecule has 1 rings (SSSR count). The quantitative estimate of drug-likeness (QED) is 0.585. The molecule has 56 valence electrons. The molecule has 2 atom stereocenters. The highest BCUT2D eigenvalue weighted by Gasteiger charge is 2.19. The van der Waals surface area contributed by atoms with E-state index in [2.05, 4.69) is 18.5 Å². The fraction of sp³-hybridized carbons (Fsp3) is 0.556. The average Bonchev–Trinajstić information content (AvgIpc) is 2.37. The SMILES string of the molecule is C=CC[C@@H]1CC[C@H](C=C)N1. The van der Waals surface area contributed by atoms with Crippen LogP contribution in [0.5, 0.6) is 0 Å². The Bertz CT molecular complexity index is 129. The normalized spacial score (nSPS) is 32.0. The first kappa shape index (κ1) is 7.55. The van der Waals surface area contributed by atoms with E-state index in [1.54, 1.807) is 0 Å². The van der Waals surface area contributed by atoms with E-state index in [1.165, 1.54) is 12.8 Å². The summed E-state index contributed by atoms with van der Waals surface area (Å²) in [4.78, 5) is 0. The van der Waals surface area contributed by atoms with Crippen LogP contribution in [-0.4, -0.2) is 12.1 Å². The smallest absolute Gasteiger partial charge is 0.0250 e. The van der Waals surface area contributed by atoms with E-state index in [0.29, 0.717) is 12.1 Å². The summed E-state index contributed by atoms with van der Waals surface area (Å²) in [5.41, 5.74) is 0. The molecule has 0 unspecified atom stereocenters. The van der Waals surface area contributed by atoms with Crippen molar-refractivity contribution in [3.63, 3.8) is 0 Å². The Balaban J connectivity index is 2.27. The molecule has 1 heterocycles. The highest BCUT2D eigenvalue weighted by Crippen LogP contribution is 2.15. The zero-order valence-electron chi connectivity index (χ0n) is 6.34. The van der Waals surface area contributed by atoms with Crippen molar-refractivity contribution in [2.45, 2.75) is 31.3 Å². The molecule has 0 bridgehead atoms. The fourth-order valence-corrected chi connectivity index (χ4v) is 1.42. The largest absolute Gasteiger partial charge is 0.307 e. The Morgan fingerprint density at radius 2 is 2.20 bits per heavy atom. The van der Waals surface area contributed by atoms with E-state index < -0.39 is 0 Å². The molecule has 1 heteroatoms. The van der Waals surface area contributed by atoms with Crippen LogP contribution in [0.15, 0.2) is 25.3 Å². The second-order valence-electron chi connectivity index (χ2n) is 2.81. The minimum absolute atomic E-state index is 0.546. The molecule has 0 aromatic heterocycles. The predicted molar refractivity (Wildman–Crippen MR) is 45.0 cm³/mol. The zero-order chi connectivity index (χ0) is 7.40. The third kappa shape index (κ3) is 1.71. The molecule has 1 nitrogen and oxygen atoms in total. The van der Waals surface area contributed by atoms with Crippen molar-refractivity contribution in [2.24, 2.45) is 0 Å². The highest BCUT2D eigenvalue weighted by molar-refractivity contribution is 4.95. The fourth-order valence-electron chi connectivity index (χ4n) is 1.42. The van der Waals surface area contributed by atoms with Gasteiger partial charge in [-0.15, -0.1) is 13.2 Å². The van der Waals surface area contributed by atoms with Gasteiger partial charge < -0.3 is 5.32 Å². The van der Waals surface area contributed by atoms with Gasteiger partial charge in [-0.3, -0.25) is 0 Å². The lowest BCUT2D eigenvalue weighted by Crippen LogP contribution is -2.26. The molecule has 0 saturated carbocycles. The van der Waals surface area contributed by atoms with E-state index >= 15 is 0 Å². The van der Waals surface area contributed by atoms with Gasteiger partial charge in [0.2, 0.25) is 0 Å². The van der Waals surface area contributed by atoms with Crippen LogP contribution < -0.4 is 5.32 Å². The summed E-state index contributed by atoms with van der Waals surface area (Å²) < 4.78 is 0. The van der Waals surface area contributed by atoms with Crippen molar-refractivity contribution in [1.82, 2.24) is 5.32 Å². The van der Waals surface area contributed by atoms with Gasteiger partial charge in [0, 0.05) is 12.1 Å². The van der Waals surface area contributed by atoms with Crippen molar-refractivity contribution < 1.29 is 0 Å². The molecule has 0 aromatic rings. The third-order valence-electron chi connectivity index (χ3n) is 2.01. The number of rotatable bonds is 3. The topological polar surface area (TPSA) is 12.0 Å². The van der Waals surface area contributed by atoms with Gasteiger partial charge in [-0.05, 0) is 19.3 Å². The lowest BCUT2D eigenvalue weighted by Gasteiger charge is -2.07. The summed E-state index contributed by atoms with van der Waals surface area (Å²) in [5, 5.41) is 3.45. The van der Waals surface area contributed by atoms with Crippen molar-refractivity contribution in [3.8, 4) is 0 Å². The van der Waals surface area contributed by atoms with Crippen LogP contribution in [0.25, 0.3) is 0 Å². The summed E-state index contributed by atoms with van der Waals surface area (Å²) >= 11 is 0. The molecule has 10 heavy (non-hydrogen) atoms. The van der Waals surface area contributed by atoms with Gasteiger partial charge in [0.15, 0.2) is 0 Å². The maximum absolute atomic E-state index is 3.75. The van der Waals surface area contributed by atoms with Gasteiger partial charge in [0.1, 0.15) is 0 Å². The van der Waals surface area contributed by atoms with Crippen molar-refractivity contribution in [3.05, 3.63) is 25.3 Å². The second-order valence-corrected chi connectivity index (χ2v) is 2.81. The molecule has 0 aliphatic carbocycles. The van der Waals surface area contributed by atoms with Crippen LogP contribution in [0.4, 0.5) is 0 Å². The van der Waals surface area contributed by atoms with E-state index in [4.69, 9.17) is 0 Å². The summed E-state index contributed by atoms with van der Waals surface area (Å²) in [5.74, 6) is 0. The molecule has 1 N–H and O–H groups in total. The van der Waals surface area contributed by atoms with Crippen molar-refractivity contribution in [2.75, 3.05) is 0 Å². The van der Waals surface area contributed by atoms with Crippen molar-refractivity contribution >= 4 is 0 Å². The lowest BCUT2D eigenvalue weighted by atomic mass is 10.1. The summed E-state index contributed by atoms with van der Waals surface area (Å²) in [6, 6.07) is 1.20. The van der Waals surface area contributed by atoms with Gasteiger partial charge in [0.25, 0.3) is 0 Å².